The van der Waals surface area contributed by atoms with Gasteiger partial charge in [0.25, 0.3) is 0 Å². The number of fused-ring (bicyclic) bond motifs is 1. The first-order valence-electron chi connectivity index (χ1n) is 6.75. The molecule has 0 aliphatic heterocycles. The van der Waals surface area contributed by atoms with Crippen molar-refractivity contribution in [3.63, 3.8) is 0 Å². The lowest BCUT2D eigenvalue weighted by Gasteiger charge is -2.22. The van der Waals surface area contributed by atoms with Crippen LogP contribution < -0.4 is 10.5 Å². The van der Waals surface area contributed by atoms with Crippen molar-refractivity contribution in [2.24, 2.45) is 0 Å². The highest BCUT2D eigenvalue weighted by Gasteiger charge is 2.20. The van der Waals surface area contributed by atoms with Crippen LogP contribution in [0, 0.1) is 0 Å². The molecule has 3 rings (SSSR count). The van der Waals surface area contributed by atoms with Gasteiger partial charge in [-0.15, -0.1) is 0 Å². The molecule has 5 heteroatoms. The largest absolute Gasteiger partial charge is 0.455 e. The van der Waals surface area contributed by atoms with Crippen molar-refractivity contribution < 1.29 is 9.37 Å². The molecule has 1 heterocycles. The Bertz CT molecular complexity index is 788. The highest BCUT2D eigenvalue weighted by Crippen LogP contribution is 2.36. The summed E-state index contributed by atoms with van der Waals surface area (Å²) in [7, 11) is 0. The molecule has 0 spiro atoms. The minimum absolute atomic E-state index is 0.0222. The Balaban J connectivity index is 2.08. The van der Waals surface area contributed by atoms with Crippen LogP contribution >= 0.6 is 0 Å². The number of nitrogens with zero attached hydrogens (tertiary/aromatic N) is 2. The Morgan fingerprint density at radius 3 is 2.43 bits per heavy atom. The molecule has 0 amide bonds. The van der Waals surface area contributed by atoms with E-state index in [1.54, 1.807) is 12.1 Å². The van der Waals surface area contributed by atoms with E-state index < -0.39 is 0 Å². The number of nitrogens with two attached hydrogens (primary N) is 1. The van der Waals surface area contributed by atoms with Crippen molar-refractivity contribution in [2.75, 3.05) is 5.73 Å². The molecular formula is C16H17N3O2. The Kier molecular flexibility index (Phi) is 3.05. The van der Waals surface area contributed by atoms with E-state index >= 15 is 0 Å². The van der Waals surface area contributed by atoms with Crippen molar-refractivity contribution in [3.05, 3.63) is 42.0 Å². The zero-order chi connectivity index (χ0) is 15.0. The van der Waals surface area contributed by atoms with E-state index in [1.165, 1.54) is 0 Å². The molecule has 2 aromatic carbocycles. The second-order valence-electron chi connectivity index (χ2n) is 5.96. The summed E-state index contributed by atoms with van der Waals surface area (Å²) in [5.74, 6) is 1.37. The number of ether oxygens (including phenoxy) is 1. The van der Waals surface area contributed by atoms with Crippen LogP contribution in [0.2, 0.25) is 0 Å². The first kappa shape index (κ1) is 13.4. The van der Waals surface area contributed by atoms with E-state index in [0.29, 0.717) is 22.5 Å². The molecule has 21 heavy (non-hydrogen) atoms. The first-order chi connectivity index (χ1) is 9.97. The third-order valence-electron chi connectivity index (χ3n) is 3.32. The molecule has 5 nitrogen and oxygen atoms in total. The molecule has 0 aliphatic carbocycles. The molecular weight excluding hydrogens is 266 g/mol. The van der Waals surface area contributed by atoms with Crippen LogP contribution in [0.3, 0.4) is 0 Å². The predicted octanol–water partition coefficient (Wildman–Crippen LogP) is 3.89. The molecule has 108 valence electrons. The van der Waals surface area contributed by atoms with Crippen LogP contribution in [0.25, 0.3) is 11.0 Å². The fraction of sp³-hybridized carbons (Fsp3) is 0.250. The van der Waals surface area contributed by atoms with Crippen LogP contribution in [0.4, 0.5) is 5.69 Å². The first-order valence-corrected chi connectivity index (χ1v) is 6.75. The van der Waals surface area contributed by atoms with Gasteiger partial charge in [-0.3, -0.25) is 0 Å². The zero-order valence-electron chi connectivity index (χ0n) is 12.3. The Hall–Kier alpha value is -2.56. The Morgan fingerprint density at radius 2 is 1.67 bits per heavy atom. The van der Waals surface area contributed by atoms with Gasteiger partial charge in [0.15, 0.2) is 16.8 Å². The summed E-state index contributed by atoms with van der Waals surface area (Å²) in [5, 5.41) is 7.68. The van der Waals surface area contributed by atoms with Gasteiger partial charge in [0.05, 0.1) is 5.69 Å². The topological polar surface area (TPSA) is 74.2 Å². The monoisotopic (exact) mass is 283 g/mol. The Morgan fingerprint density at radius 1 is 0.952 bits per heavy atom. The smallest absolute Gasteiger partial charge is 0.179 e. The van der Waals surface area contributed by atoms with Crippen LogP contribution in [-0.2, 0) is 5.41 Å². The highest BCUT2D eigenvalue weighted by molar-refractivity contribution is 5.90. The van der Waals surface area contributed by atoms with E-state index in [1.807, 2.05) is 18.2 Å². The van der Waals surface area contributed by atoms with Gasteiger partial charge in [-0.1, -0.05) is 39.0 Å². The fourth-order valence-electron chi connectivity index (χ4n) is 2.24. The van der Waals surface area contributed by atoms with Crippen LogP contribution in [0.15, 0.2) is 41.0 Å². The van der Waals surface area contributed by atoms with E-state index in [-0.39, 0.29) is 5.41 Å². The molecule has 1 aromatic heterocycles. The van der Waals surface area contributed by atoms with E-state index in [4.69, 9.17) is 15.1 Å². The zero-order valence-corrected chi connectivity index (χ0v) is 12.3. The minimum Gasteiger partial charge on any atom is -0.455 e. The minimum atomic E-state index is -0.0222. The predicted molar refractivity (Wildman–Crippen MR) is 81.4 cm³/mol. The lowest BCUT2D eigenvalue weighted by molar-refractivity contribution is 0.314. The molecule has 0 aliphatic rings. The summed E-state index contributed by atoms with van der Waals surface area (Å²) < 4.78 is 10.8. The number of para-hydroxylation sites is 1. The van der Waals surface area contributed by atoms with Gasteiger partial charge >= 0.3 is 0 Å². The van der Waals surface area contributed by atoms with Crippen LogP contribution in [-0.4, -0.2) is 10.3 Å². The number of aromatic nitrogens is 2. The summed E-state index contributed by atoms with van der Waals surface area (Å²) in [5.41, 5.74) is 8.50. The third kappa shape index (κ3) is 2.42. The highest BCUT2D eigenvalue weighted by atomic mass is 16.6. The van der Waals surface area contributed by atoms with Gasteiger partial charge in [0.2, 0.25) is 0 Å². The van der Waals surface area contributed by atoms with E-state index in [9.17, 15) is 0 Å². The number of anilines is 1. The average Bonchev–Trinajstić information content (AvgIpc) is 2.92. The molecule has 3 aromatic rings. The van der Waals surface area contributed by atoms with Crippen LogP contribution in [0.5, 0.6) is 11.5 Å². The van der Waals surface area contributed by atoms with Crippen molar-refractivity contribution in [2.45, 2.75) is 26.2 Å². The number of rotatable bonds is 2. The van der Waals surface area contributed by atoms with Crippen molar-refractivity contribution in [1.82, 2.24) is 10.3 Å². The molecule has 0 unspecified atom stereocenters. The molecule has 0 bridgehead atoms. The molecule has 0 fully saturated rings. The van der Waals surface area contributed by atoms with Crippen molar-refractivity contribution >= 4 is 16.7 Å². The van der Waals surface area contributed by atoms with Crippen molar-refractivity contribution in [3.8, 4) is 11.5 Å². The molecule has 0 saturated heterocycles. The summed E-state index contributed by atoms with van der Waals surface area (Å²) in [6.45, 7) is 6.43. The maximum absolute atomic E-state index is 6.04. The molecule has 0 saturated carbocycles. The van der Waals surface area contributed by atoms with Gasteiger partial charge in [-0.05, 0) is 33.9 Å². The summed E-state index contributed by atoms with van der Waals surface area (Å²) in [6.07, 6.45) is 0. The lowest BCUT2D eigenvalue weighted by atomic mass is 9.86. The van der Waals surface area contributed by atoms with Gasteiger partial charge in [-0.25, -0.2) is 4.63 Å². The second-order valence-corrected chi connectivity index (χ2v) is 5.96. The average molecular weight is 283 g/mol. The second kappa shape index (κ2) is 4.77. The molecule has 2 N–H and O–H groups in total. The van der Waals surface area contributed by atoms with E-state index in [0.717, 1.165) is 11.3 Å². The van der Waals surface area contributed by atoms with Crippen molar-refractivity contribution in [1.29, 1.82) is 0 Å². The third-order valence-corrected chi connectivity index (χ3v) is 3.32. The fourth-order valence-corrected chi connectivity index (χ4v) is 2.24. The quantitative estimate of drug-likeness (QED) is 0.722. The normalized spacial score (nSPS) is 11.8. The van der Waals surface area contributed by atoms with Gasteiger partial charge in [-0.2, -0.15) is 0 Å². The lowest BCUT2D eigenvalue weighted by Crippen LogP contribution is -2.12. The summed E-state index contributed by atoms with van der Waals surface area (Å²) in [4.78, 5) is 0. The number of nitrogen functional groups attached to an aromatic ring is 1. The van der Waals surface area contributed by atoms with Gasteiger partial charge < -0.3 is 10.5 Å². The van der Waals surface area contributed by atoms with E-state index in [2.05, 4.69) is 37.2 Å². The maximum Gasteiger partial charge on any atom is 0.179 e. The number of benzene rings is 2. The molecule has 0 atom stereocenters. The standard InChI is InChI=1S/C16H17N3O2/c1-16(2,3)10-6-4-5-7-12(10)20-13-9-8-11(17)14-15(13)19-21-18-14/h4-9H,17H2,1-3H3. The number of hydrogen-bond acceptors (Lipinski definition) is 5. The summed E-state index contributed by atoms with van der Waals surface area (Å²) >= 11 is 0. The maximum atomic E-state index is 6.04. The van der Waals surface area contributed by atoms with Gasteiger partial charge in [0.1, 0.15) is 5.75 Å². The molecule has 0 radical (unpaired) electrons. The Labute approximate surface area is 122 Å². The summed E-state index contributed by atoms with van der Waals surface area (Å²) in [6, 6.07) is 11.5. The van der Waals surface area contributed by atoms with Crippen LogP contribution in [0.1, 0.15) is 26.3 Å². The van der Waals surface area contributed by atoms with Gasteiger partial charge in [0, 0.05) is 5.56 Å². The number of hydrogen-bond donors (Lipinski definition) is 1. The SMILES string of the molecule is CC(C)(C)c1ccccc1Oc1ccc(N)c2nonc12.